The maximum absolute atomic E-state index is 11.9. The number of amides is 1. The molecule has 0 bridgehead atoms. The van der Waals surface area contributed by atoms with Crippen molar-refractivity contribution in [3.8, 4) is 0 Å². The zero-order valence-corrected chi connectivity index (χ0v) is 10.4. The van der Waals surface area contributed by atoms with E-state index in [0.717, 1.165) is 32.2 Å². The van der Waals surface area contributed by atoms with Crippen LogP contribution in [0.25, 0.3) is 0 Å². The topological polar surface area (TPSA) is 78.4 Å². The van der Waals surface area contributed by atoms with Crippen molar-refractivity contribution in [3.05, 3.63) is 0 Å². The Kier molecular flexibility index (Phi) is 5.97. The van der Waals surface area contributed by atoms with Crippen LogP contribution in [0.1, 0.15) is 39.0 Å². The van der Waals surface area contributed by atoms with Crippen LogP contribution >= 0.6 is 0 Å². The third kappa shape index (κ3) is 5.17. The number of piperidine rings is 1. The predicted octanol–water partition coefficient (Wildman–Crippen LogP) is 0.746. The van der Waals surface area contributed by atoms with E-state index in [4.69, 9.17) is 5.11 Å². The fourth-order valence-corrected chi connectivity index (χ4v) is 2.18. The highest BCUT2D eigenvalue weighted by atomic mass is 16.4. The summed E-state index contributed by atoms with van der Waals surface area (Å²) in [5, 5.41) is 14.8. The Morgan fingerprint density at radius 1 is 1.53 bits per heavy atom. The SMILES string of the molecule is CCCC(CC(=O)O)NC(=O)C1CCCNC1. The summed E-state index contributed by atoms with van der Waals surface area (Å²) in [6, 6.07) is -0.230. The lowest BCUT2D eigenvalue weighted by atomic mass is 9.97. The van der Waals surface area contributed by atoms with Crippen molar-refractivity contribution in [3.63, 3.8) is 0 Å². The van der Waals surface area contributed by atoms with E-state index in [0.29, 0.717) is 6.54 Å². The van der Waals surface area contributed by atoms with Gasteiger partial charge in [-0.1, -0.05) is 13.3 Å². The van der Waals surface area contributed by atoms with Gasteiger partial charge < -0.3 is 15.7 Å². The third-order valence-electron chi connectivity index (χ3n) is 3.07. The average Bonchev–Trinajstić information content (AvgIpc) is 2.29. The summed E-state index contributed by atoms with van der Waals surface area (Å²) in [7, 11) is 0. The van der Waals surface area contributed by atoms with Crippen molar-refractivity contribution in [2.45, 2.75) is 45.1 Å². The van der Waals surface area contributed by atoms with Crippen molar-refractivity contribution < 1.29 is 14.7 Å². The monoisotopic (exact) mass is 242 g/mol. The molecular weight excluding hydrogens is 220 g/mol. The average molecular weight is 242 g/mol. The molecule has 98 valence electrons. The molecule has 5 heteroatoms. The van der Waals surface area contributed by atoms with Gasteiger partial charge in [0, 0.05) is 12.6 Å². The Hall–Kier alpha value is -1.10. The van der Waals surface area contributed by atoms with Gasteiger partial charge >= 0.3 is 5.97 Å². The second kappa shape index (κ2) is 7.27. The molecule has 2 unspecified atom stereocenters. The van der Waals surface area contributed by atoms with Crippen LogP contribution in [-0.2, 0) is 9.59 Å². The lowest BCUT2D eigenvalue weighted by Gasteiger charge is -2.24. The molecule has 0 aromatic carbocycles. The number of carbonyl (C=O) groups excluding carboxylic acids is 1. The molecule has 1 aliphatic heterocycles. The molecule has 1 amide bonds. The zero-order valence-electron chi connectivity index (χ0n) is 10.4. The summed E-state index contributed by atoms with van der Waals surface area (Å²) < 4.78 is 0. The van der Waals surface area contributed by atoms with Crippen LogP contribution in [0.2, 0.25) is 0 Å². The first-order chi connectivity index (χ1) is 8.13. The van der Waals surface area contributed by atoms with Gasteiger partial charge in [0.25, 0.3) is 0 Å². The molecule has 5 nitrogen and oxygen atoms in total. The van der Waals surface area contributed by atoms with Crippen LogP contribution in [0.5, 0.6) is 0 Å². The maximum Gasteiger partial charge on any atom is 0.305 e. The Labute approximate surface area is 102 Å². The van der Waals surface area contributed by atoms with Crippen LogP contribution < -0.4 is 10.6 Å². The molecule has 0 saturated carbocycles. The Morgan fingerprint density at radius 3 is 2.82 bits per heavy atom. The highest BCUT2D eigenvalue weighted by Crippen LogP contribution is 2.11. The predicted molar refractivity (Wildman–Crippen MR) is 64.7 cm³/mol. The molecule has 2 atom stereocenters. The number of hydrogen-bond acceptors (Lipinski definition) is 3. The second-order valence-electron chi connectivity index (χ2n) is 4.64. The summed E-state index contributed by atoms with van der Waals surface area (Å²) in [6.45, 7) is 3.66. The van der Waals surface area contributed by atoms with E-state index in [1.807, 2.05) is 6.92 Å². The molecule has 1 rings (SSSR count). The van der Waals surface area contributed by atoms with Gasteiger partial charge in [-0.3, -0.25) is 9.59 Å². The third-order valence-corrected chi connectivity index (χ3v) is 3.07. The normalized spacial score (nSPS) is 21.8. The van der Waals surface area contributed by atoms with Gasteiger partial charge in [0.1, 0.15) is 0 Å². The summed E-state index contributed by atoms with van der Waals surface area (Å²) >= 11 is 0. The van der Waals surface area contributed by atoms with Crippen molar-refractivity contribution in [2.24, 2.45) is 5.92 Å². The van der Waals surface area contributed by atoms with Crippen LogP contribution in [0.3, 0.4) is 0 Å². The smallest absolute Gasteiger partial charge is 0.305 e. The number of rotatable bonds is 6. The highest BCUT2D eigenvalue weighted by Gasteiger charge is 2.23. The summed E-state index contributed by atoms with van der Waals surface area (Å²) in [5.41, 5.74) is 0. The van der Waals surface area contributed by atoms with Crippen molar-refractivity contribution in [2.75, 3.05) is 13.1 Å². The van der Waals surface area contributed by atoms with E-state index in [2.05, 4.69) is 10.6 Å². The standard InChI is InChI=1S/C12H22N2O3/c1-2-4-10(7-11(15)16)14-12(17)9-5-3-6-13-8-9/h9-10,13H,2-8H2,1H3,(H,14,17)(H,15,16). The molecule has 17 heavy (non-hydrogen) atoms. The minimum absolute atomic E-state index is 0.00287. The van der Waals surface area contributed by atoms with E-state index in [9.17, 15) is 9.59 Å². The Balaban J connectivity index is 2.41. The van der Waals surface area contributed by atoms with Gasteiger partial charge in [-0.2, -0.15) is 0 Å². The molecule has 1 fully saturated rings. The molecule has 1 saturated heterocycles. The van der Waals surface area contributed by atoms with E-state index in [1.165, 1.54) is 0 Å². The molecule has 0 aromatic rings. The first kappa shape index (κ1) is 14.0. The van der Waals surface area contributed by atoms with Gasteiger partial charge in [0.2, 0.25) is 5.91 Å². The molecule has 1 heterocycles. The second-order valence-corrected chi connectivity index (χ2v) is 4.64. The van der Waals surface area contributed by atoms with Gasteiger partial charge in [-0.25, -0.2) is 0 Å². The first-order valence-electron chi connectivity index (χ1n) is 6.36. The van der Waals surface area contributed by atoms with Crippen LogP contribution in [0.4, 0.5) is 0 Å². The lowest BCUT2D eigenvalue weighted by Crippen LogP contribution is -2.45. The Morgan fingerprint density at radius 2 is 2.29 bits per heavy atom. The molecule has 3 N–H and O–H groups in total. The number of hydrogen-bond donors (Lipinski definition) is 3. The number of carboxylic acids is 1. The molecule has 0 radical (unpaired) electrons. The van der Waals surface area contributed by atoms with Crippen LogP contribution in [0.15, 0.2) is 0 Å². The van der Waals surface area contributed by atoms with E-state index in [-0.39, 0.29) is 24.3 Å². The van der Waals surface area contributed by atoms with Crippen LogP contribution in [-0.4, -0.2) is 36.1 Å². The number of carbonyl (C=O) groups is 2. The van der Waals surface area contributed by atoms with E-state index < -0.39 is 5.97 Å². The van der Waals surface area contributed by atoms with Gasteiger partial charge in [-0.15, -0.1) is 0 Å². The minimum Gasteiger partial charge on any atom is -0.481 e. The van der Waals surface area contributed by atoms with Gasteiger partial charge in [0.05, 0.1) is 12.3 Å². The fourth-order valence-electron chi connectivity index (χ4n) is 2.18. The van der Waals surface area contributed by atoms with Crippen molar-refractivity contribution in [1.29, 1.82) is 0 Å². The molecular formula is C12H22N2O3. The van der Waals surface area contributed by atoms with Crippen molar-refractivity contribution in [1.82, 2.24) is 10.6 Å². The van der Waals surface area contributed by atoms with Gasteiger partial charge in [0.15, 0.2) is 0 Å². The first-order valence-corrected chi connectivity index (χ1v) is 6.36. The largest absolute Gasteiger partial charge is 0.481 e. The van der Waals surface area contributed by atoms with E-state index in [1.54, 1.807) is 0 Å². The molecule has 0 aromatic heterocycles. The summed E-state index contributed by atoms with van der Waals surface area (Å²) in [4.78, 5) is 22.6. The fraction of sp³-hybridized carbons (Fsp3) is 0.833. The van der Waals surface area contributed by atoms with Crippen molar-refractivity contribution >= 4 is 11.9 Å². The van der Waals surface area contributed by atoms with E-state index >= 15 is 0 Å². The zero-order chi connectivity index (χ0) is 12.7. The Bertz CT molecular complexity index is 262. The molecule has 1 aliphatic rings. The van der Waals surface area contributed by atoms with Gasteiger partial charge in [-0.05, 0) is 25.8 Å². The minimum atomic E-state index is -0.856. The maximum atomic E-state index is 11.9. The quantitative estimate of drug-likeness (QED) is 0.642. The summed E-state index contributed by atoms with van der Waals surface area (Å²) in [5.74, 6) is -0.862. The van der Waals surface area contributed by atoms with Crippen LogP contribution in [0, 0.1) is 5.92 Å². The molecule has 0 spiro atoms. The highest BCUT2D eigenvalue weighted by molar-refractivity contribution is 5.80. The number of aliphatic carboxylic acids is 1. The molecule has 0 aliphatic carbocycles. The summed E-state index contributed by atoms with van der Waals surface area (Å²) in [6.07, 6.45) is 3.51. The lowest BCUT2D eigenvalue weighted by molar-refractivity contribution is -0.137. The number of nitrogens with one attached hydrogen (secondary N) is 2. The number of carboxylic acid groups (broad SMARTS) is 1.